The van der Waals surface area contributed by atoms with Crippen LogP contribution in [-0.2, 0) is 0 Å². The molecular weight excluding hydrogens is 182 g/mol. The average molecular weight is 197 g/mol. The van der Waals surface area contributed by atoms with Crippen LogP contribution in [0.2, 0.25) is 0 Å². The smallest absolute Gasteiger partial charge is 0.151 e. The summed E-state index contributed by atoms with van der Waals surface area (Å²) in [6.45, 7) is 4.13. The molecule has 1 rings (SSSR count). The van der Waals surface area contributed by atoms with Crippen LogP contribution in [0.1, 0.15) is 33.1 Å². The summed E-state index contributed by atoms with van der Waals surface area (Å²) in [6.07, 6.45) is 4.81. The van der Waals surface area contributed by atoms with Gasteiger partial charge in [0.2, 0.25) is 0 Å². The molecule has 0 radical (unpaired) electrons. The van der Waals surface area contributed by atoms with Gasteiger partial charge in [-0.1, -0.05) is 32.5 Å². The van der Waals surface area contributed by atoms with Crippen LogP contribution in [-0.4, -0.2) is 10.5 Å². The Balaban J connectivity index is 2.84. The number of allylic oxidation sites excluding steroid dienone is 1. The second-order valence-corrected chi connectivity index (χ2v) is 3.67. The maximum Gasteiger partial charge on any atom is 0.151 e. The minimum absolute atomic E-state index is 0.421. The monoisotopic (exact) mass is 197 g/mol. The largest absolute Gasteiger partial charge is 0.391 e. The summed E-state index contributed by atoms with van der Waals surface area (Å²) in [7, 11) is 0. The number of hydrogen-bond acceptors (Lipinski definition) is 3. The Morgan fingerprint density at radius 3 is 2.69 bits per heavy atom. The van der Waals surface area contributed by atoms with Gasteiger partial charge >= 0.3 is 0 Å². The first-order valence-corrected chi connectivity index (χ1v) is 5.00. The van der Waals surface area contributed by atoms with Crippen LogP contribution in [0.25, 0.3) is 0 Å². The van der Waals surface area contributed by atoms with Crippen LogP contribution < -0.4 is 5.73 Å². The highest BCUT2D eigenvalue weighted by Gasteiger charge is 2.33. The van der Waals surface area contributed by atoms with Crippen molar-refractivity contribution in [2.24, 2.45) is 16.0 Å². The fourth-order valence-corrected chi connectivity index (χ4v) is 1.58. The molecule has 0 aliphatic carbocycles. The Morgan fingerprint density at radius 2 is 2.31 bits per heavy atom. The Hall–Kier alpha value is -0.770. The van der Waals surface area contributed by atoms with Crippen molar-refractivity contribution in [3.63, 3.8) is 0 Å². The predicted octanol–water partition coefficient (Wildman–Crippen LogP) is 2.57. The van der Waals surface area contributed by atoms with Crippen molar-refractivity contribution in [1.82, 2.24) is 0 Å². The van der Waals surface area contributed by atoms with E-state index in [1.54, 1.807) is 0 Å². The van der Waals surface area contributed by atoms with Crippen molar-refractivity contribution in [2.45, 2.75) is 38.6 Å². The third-order valence-electron chi connectivity index (χ3n) is 2.23. The molecule has 0 aromatic carbocycles. The molecule has 13 heavy (non-hydrogen) atoms. The summed E-state index contributed by atoms with van der Waals surface area (Å²) in [5, 5.41) is 8.24. The van der Waals surface area contributed by atoms with Gasteiger partial charge in [0.15, 0.2) is 5.54 Å². The number of hydrogen-bond donors (Lipinski definition) is 1. The fourth-order valence-electron chi connectivity index (χ4n) is 1.33. The quantitative estimate of drug-likeness (QED) is 0.704. The molecule has 0 spiro atoms. The molecule has 1 heterocycles. The molecular formula is C9H15N3S. The van der Waals surface area contributed by atoms with Crippen molar-refractivity contribution >= 4 is 17.2 Å². The number of rotatable bonds is 4. The average Bonchev–Trinajstić information content (AvgIpc) is 2.50. The Labute approximate surface area is 84.1 Å². The van der Waals surface area contributed by atoms with Crippen molar-refractivity contribution in [3.05, 3.63) is 11.8 Å². The van der Waals surface area contributed by atoms with E-state index < -0.39 is 5.54 Å². The van der Waals surface area contributed by atoms with E-state index in [1.807, 2.05) is 13.0 Å². The molecule has 1 aliphatic rings. The van der Waals surface area contributed by atoms with Gasteiger partial charge in [0.25, 0.3) is 0 Å². The lowest BCUT2D eigenvalue weighted by Gasteiger charge is -2.17. The van der Waals surface area contributed by atoms with Crippen molar-refractivity contribution in [2.75, 3.05) is 0 Å². The highest BCUT2D eigenvalue weighted by Crippen LogP contribution is 2.29. The molecule has 1 unspecified atom stereocenters. The highest BCUT2D eigenvalue weighted by molar-refractivity contribution is 7.80. The first-order chi connectivity index (χ1) is 6.14. The van der Waals surface area contributed by atoms with E-state index in [2.05, 4.69) is 17.2 Å². The maximum atomic E-state index is 5.63. The lowest BCUT2D eigenvalue weighted by atomic mass is 9.96. The molecule has 1 aliphatic heterocycles. The van der Waals surface area contributed by atoms with Crippen LogP contribution in [0.3, 0.4) is 0 Å². The van der Waals surface area contributed by atoms with Crippen molar-refractivity contribution in [3.8, 4) is 0 Å². The maximum absolute atomic E-state index is 5.63. The molecule has 0 saturated carbocycles. The molecule has 4 heteroatoms. The molecule has 72 valence electrons. The molecule has 1 atom stereocenters. The van der Waals surface area contributed by atoms with Gasteiger partial charge in [0.1, 0.15) is 4.99 Å². The van der Waals surface area contributed by atoms with Gasteiger partial charge in [-0.2, -0.15) is 10.2 Å². The van der Waals surface area contributed by atoms with Gasteiger partial charge in [-0.3, -0.25) is 0 Å². The fraction of sp³-hybridized carbons (Fsp3) is 0.667. The molecule has 0 aromatic rings. The van der Waals surface area contributed by atoms with Crippen LogP contribution in [0, 0.1) is 0 Å². The standard InChI is InChI=1S/C9H15N3S/c1-3-5-7-6-9(4-2,8(10)13)12-11-7/h6H,3-5H2,1-2H3,(H2,10,13). The van der Waals surface area contributed by atoms with Gasteiger partial charge < -0.3 is 5.73 Å². The van der Waals surface area contributed by atoms with Gasteiger partial charge in [-0.25, -0.2) is 0 Å². The Bertz CT molecular complexity index is 270. The van der Waals surface area contributed by atoms with Crippen LogP contribution in [0.15, 0.2) is 22.0 Å². The van der Waals surface area contributed by atoms with Gasteiger partial charge in [-0.15, -0.1) is 0 Å². The second-order valence-electron chi connectivity index (χ2n) is 3.23. The lowest BCUT2D eigenvalue weighted by Crippen LogP contribution is -2.37. The SMILES string of the molecule is CCCC1=CC(CC)(C(N)=S)N=N1. The van der Waals surface area contributed by atoms with E-state index in [0.29, 0.717) is 4.99 Å². The Morgan fingerprint density at radius 1 is 1.62 bits per heavy atom. The second kappa shape index (κ2) is 3.96. The van der Waals surface area contributed by atoms with E-state index in [1.165, 1.54) is 0 Å². The van der Waals surface area contributed by atoms with Crippen LogP contribution in [0.5, 0.6) is 0 Å². The zero-order valence-electron chi connectivity index (χ0n) is 8.08. The minimum atomic E-state index is -0.486. The van der Waals surface area contributed by atoms with Crippen molar-refractivity contribution < 1.29 is 0 Å². The first-order valence-electron chi connectivity index (χ1n) is 4.59. The van der Waals surface area contributed by atoms with Gasteiger partial charge in [0, 0.05) is 0 Å². The summed E-state index contributed by atoms with van der Waals surface area (Å²) in [4.78, 5) is 0.421. The predicted molar refractivity (Wildman–Crippen MR) is 57.7 cm³/mol. The zero-order valence-corrected chi connectivity index (χ0v) is 8.90. The van der Waals surface area contributed by atoms with E-state index >= 15 is 0 Å². The van der Waals surface area contributed by atoms with Crippen LogP contribution >= 0.6 is 12.2 Å². The number of azo groups is 1. The normalized spacial score (nSPS) is 26.2. The Kier molecular flexibility index (Phi) is 3.14. The summed E-state index contributed by atoms with van der Waals surface area (Å²) in [5.41, 5.74) is 6.16. The van der Waals surface area contributed by atoms with Crippen LogP contribution in [0.4, 0.5) is 0 Å². The number of nitrogens with two attached hydrogens (primary N) is 1. The zero-order chi connectivity index (χ0) is 9.90. The van der Waals surface area contributed by atoms with Gasteiger partial charge in [0.05, 0.1) is 5.70 Å². The summed E-state index contributed by atoms with van der Waals surface area (Å²) in [6, 6.07) is 0. The number of nitrogens with zero attached hydrogens (tertiary/aromatic N) is 2. The molecule has 0 amide bonds. The summed E-state index contributed by atoms with van der Waals surface area (Å²) >= 11 is 4.98. The topological polar surface area (TPSA) is 50.7 Å². The van der Waals surface area contributed by atoms with E-state index in [-0.39, 0.29) is 0 Å². The molecule has 0 bridgehead atoms. The summed E-state index contributed by atoms with van der Waals surface area (Å²) < 4.78 is 0. The molecule has 3 nitrogen and oxygen atoms in total. The van der Waals surface area contributed by atoms with E-state index in [9.17, 15) is 0 Å². The molecule has 0 aromatic heterocycles. The third-order valence-corrected chi connectivity index (χ3v) is 2.59. The molecule has 2 N–H and O–H groups in total. The van der Waals surface area contributed by atoms with E-state index in [0.717, 1.165) is 25.0 Å². The highest BCUT2D eigenvalue weighted by atomic mass is 32.1. The first kappa shape index (κ1) is 10.3. The summed E-state index contributed by atoms with van der Waals surface area (Å²) in [5.74, 6) is 0. The molecule has 0 fully saturated rings. The van der Waals surface area contributed by atoms with Crippen molar-refractivity contribution in [1.29, 1.82) is 0 Å². The van der Waals surface area contributed by atoms with Gasteiger partial charge in [-0.05, 0) is 18.9 Å². The third kappa shape index (κ3) is 1.94. The number of thiocarbonyl (C=S) groups is 1. The minimum Gasteiger partial charge on any atom is -0.391 e. The molecule has 0 saturated heterocycles. The lowest BCUT2D eigenvalue weighted by molar-refractivity contribution is 0.663. The van der Waals surface area contributed by atoms with E-state index in [4.69, 9.17) is 18.0 Å².